The van der Waals surface area contributed by atoms with E-state index in [0.29, 0.717) is 6.04 Å². The van der Waals surface area contributed by atoms with E-state index in [1.807, 2.05) is 30.7 Å². The van der Waals surface area contributed by atoms with E-state index in [-0.39, 0.29) is 0 Å². The molecule has 5 rings (SSSR count). The predicted molar refractivity (Wildman–Crippen MR) is 110 cm³/mol. The normalized spacial score (nSPS) is 20.4. The smallest absolute Gasteiger partial charge is 0.226 e. The zero-order valence-corrected chi connectivity index (χ0v) is 16.1. The van der Waals surface area contributed by atoms with Gasteiger partial charge in [-0.05, 0) is 48.5 Å². The molecule has 3 aromatic rings. The van der Waals surface area contributed by atoms with Gasteiger partial charge in [-0.25, -0.2) is 9.97 Å². The van der Waals surface area contributed by atoms with E-state index in [1.54, 1.807) is 11.3 Å². The highest BCUT2D eigenvalue weighted by atomic mass is 32.1. The number of piperidine rings is 1. The monoisotopic (exact) mass is 377 g/mol. The Balaban J connectivity index is 1.50. The van der Waals surface area contributed by atoms with Crippen molar-refractivity contribution in [3.05, 3.63) is 48.2 Å². The molecule has 2 fully saturated rings. The van der Waals surface area contributed by atoms with Crippen LogP contribution in [0.3, 0.4) is 0 Å². The van der Waals surface area contributed by atoms with Gasteiger partial charge in [0.05, 0.1) is 10.6 Å². The van der Waals surface area contributed by atoms with Crippen LogP contribution in [0, 0.1) is 0 Å². The molecule has 5 nitrogen and oxygen atoms in total. The number of hydrogen-bond acceptors (Lipinski definition) is 6. The van der Waals surface area contributed by atoms with Gasteiger partial charge in [-0.2, -0.15) is 0 Å². The Labute approximate surface area is 163 Å². The van der Waals surface area contributed by atoms with Crippen molar-refractivity contribution in [3.8, 4) is 21.7 Å². The topological polar surface area (TPSA) is 45.2 Å². The fraction of sp³-hybridized carbons (Fsp3) is 0.381. The molecule has 0 aliphatic carbocycles. The molecule has 0 saturated carbocycles. The second kappa shape index (κ2) is 7.37. The summed E-state index contributed by atoms with van der Waals surface area (Å²) in [5.74, 6) is 0.862. The number of nitrogens with zero attached hydrogens (tertiary/aromatic N) is 5. The lowest BCUT2D eigenvalue weighted by Gasteiger charge is -2.44. The van der Waals surface area contributed by atoms with Crippen LogP contribution in [0.4, 0.5) is 5.95 Å². The molecule has 3 aromatic heterocycles. The number of piperazine rings is 1. The summed E-state index contributed by atoms with van der Waals surface area (Å²) in [7, 11) is 0. The molecule has 6 heteroatoms. The Bertz CT molecular complexity index is 896. The minimum absolute atomic E-state index is 0.654. The van der Waals surface area contributed by atoms with Crippen molar-refractivity contribution in [2.24, 2.45) is 0 Å². The van der Waals surface area contributed by atoms with Gasteiger partial charge in [-0.3, -0.25) is 9.88 Å². The number of hydrogen-bond donors (Lipinski definition) is 0. The summed E-state index contributed by atoms with van der Waals surface area (Å²) in [5, 5.41) is 2.11. The van der Waals surface area contributed by atoms with E-state index in [2.05, 4.69) is 32.3 Å². The van der Waals surface area contributed by atoms with Gasteiger partial charge < -0.3 is 4.90 Å². The van der Waals surface area contributed by atoms with Gasteiger partial charge in [-0.15, -0.1) is 11.3 Å². The Morgan fingerprint density at radius 3 is 2.81 bits per heavy atom. The molecule has 0 aromatic carbocycles. The molecule has 2 saturated heterocycles. The second-order valence-electron chi connectivity index (χ2n) is 7.28. The molecule has 2 aliphatic rings. The quantitative estimate of drug-likeness (QED) is 0.692. The summed E-state index contributed by atoms with van der Waals surface area (Å²) in [4.78, 5) is 20.1. The van der Waals surface area contributed by atoms with Crippen LogP contribution in [-0.4, -0.2) is 52.1 Å². The Morgan fingerprint density at radius 1 is 1.04 bits per heavy atom. The van der Waals surface area contributed by atoms with Crippen LogP contribution in [0.2, 0.25) is 0 Å². The van der Waals surface area contributed by atoms with Gasteiger partial charge in [-0.1, -0.05) is 12.5 Å². The lowest BCUT2D eigenvalue weighted by Crippen LogP contribution is -2.55. The molecular formula is C21H23N5S. The van der Waals surface area contributed by atoms with Crippen molar-refractivity contribution >= 4 is 17.3 Å². The number of thiophene rings is 1. The van der Waals surface area contributed by atoms with Gasteiger partial charge in [0.1, 0.15) is 0 Å². The summed E-state index contributed by atoms with van der Waals surface area (Å²) in [6, 6.07) is 8.92. The molecule has 0 radical (unpaired) electrons. The van der Waals surface area contributed by atoms with Gasteiger partial charge in [0.2, 0.25) is 5.95 Å². The van der Waals surface area contributed by atoms with Crippen molar-refractivity contribution < 1.29 is 0 Å². The second-order valence-corrected chi connectivity index (χ2v) is 8.22. The summed E-state index contributed by atoms with van der Waals surface area (Å²) in [6.07, 6.45) is 9.62. The van der Waals surface area contributed by atoms with Crippen molar-refractivity contribution in [1.29, 1.82) is 0 Å². The molecule has 2 aliphatic heterocycles. The Kier molecular flexibility index (Phi) is 4.59. The van der Waals surface area contributed by atoms with Crippen LogP contribution in [0.1, 0.15) is 19.3 Å². The molecule has 0 unspecified atom stereocenters. The lowest BCUT2D eigenvalue weighted by molar-refractivity contribution is 0.133. The van der Waals surface area contributed by atoms with Gasteiger partial charge in [0.25, 0.3) is 0 Å². The fourth-order valence-electron chi connectivity index (χ4n) is 4.21. The minimum Gasteiger partial charge on any atom is -0.338 e. The Hall–Kier alpha value is -2.31. The maximum atomic E-state index is 5.04. The first kappa shape index (κ1) is 16.8. The van der Waals surface area contributed by atoms with Crippen molar-refractivity contribution in [3.63, 3.8) is 0 Å². The molecule has 0 amide bonds. The molecule has 0 bridgehead atoms. The van der Waals surface area contributed by atoms with Crippen LogP contribution in [0.25, 0.3) is 21.7 Å². The fourth-order valence-corrected chi connectivity index (χ4v) is 4.93. The zero-order valence-electron chi connectivity index (χ0n) is 15.3. The number of aromatic nitrogens is 3. The molecule has 138 valence electrons. The van der Waals surface area contributed by atoms with Crippen molar-refractivity contribution in [2.75, 3.05) is 31.1 Å². The third-order valence-corrected chi connectivity index (χ3v) is 6.52. The molecular weight excluding hydrogens is 354 g/mol. The standard InChI is InChI=1S/C21H23N5S/c1-2-10-25-11-12-26(15-17(25)4-1)21-23-14-18(16-6-8-22-9-7-16)20(24-21)19-5-3-13-27-19/h3,5-9,13-14,17H,1-2,4,10-12,15H2/t17-/m0/s1. The van der Waals surface area contributed by atoms with E-state index >= 15 is 0 Å². The minimum atomic E-state index is 0.654. The number of anilines is 1. The van der Waals surface area contributed by atoms with Crippen molar-refractivity contribution in [1.82, 2.24) is 19.9 Å². The summed E-state index contributed by atoms with van der Waals surface area (Å²) in [6.45, 7) is 4.42. The van der Waals surface area contributed by atoms with Crippen LogP contribution in [0.15, 0.2) is 48.2 Å². The molecule has 1 atom stereocenters. The molecule has 5 heterocycles. The summed E-state index contributed by atoms with van der Waals surface area (Å²) < 4.78 is 0. The molecule has 27 heavy (non-hydrogen) atoms. The zero-order chi connectivity index (χ0) is 18.1. The maximum Gasteiger partial charge on any atom is 0.226 e. The third kappa shape index (κ3) is 3.35. The highest BCUT2D eigenvalue weighted by Crippen LogP contribution is 2.34. The average molecular weight is 378 g/mol. The van der Waals surface area contributed by atoms with Gasteiger partial charge in [0, 0.05) is 49.8 Å². The van der Waals surface area contributed by atoms with E-state index in [9.17, 15) is 0 Å². The predicted octanol–water partition coefficient (Wildman–Crippen LogP) is 3.94. The van der Waals surface area contributed by atoms with Gasteiger partial charge in [0.15, 0.2) is 0 Å². The largest absolute Gasteiger partial charge is 0.338 e. The van der Waals surface area contributed by atoms with Crippen LogP contribution >= 0.6 is 11.3 Å². The van der Waals surface area contributed by atoms with Crippen LogP contribution < -0.4 is 4.90 Å². The van der Waals surface area contributed by atoms with E-state index in [0.717, 1.165) is 42.4 Å². The van der Waals surface area contributed by atoms with E-state index in [1.165, 1.54) is 30.7 Å². The van der Waals surface area contributed by atoms with E-state index < -0.39 is 0 Å². The van der Waals surface area contributed by atoms with Crippen LogP contribution in [-0.2, 0) is 0 Å². The van der Waals surface area contributed by atoms with Gasteiger partial charge >= 0.3 is 0 Å². The first-order valence-corrected chi connectivity index (χ1v) is 10.6. The third-order valence-electron chi connectivity index (χ3n) is 5.64. The number of fused-ring (bicyclic) bond motifs is 1. The van der Waals surface area contributed by atoms with Crippen LogP contribution in [0.5, 0.6) is 0 Å². The summed E-state index contributed by atoms with van der Waals surface area (Å²) >= 11 is 1.73. The van der Waals surface area contributed by atoms with Crippen molar-refractivity contribution in [2.45, 2.75) is 25.3 Å². The number of rotatable bonds is 3. The molecule has 0 N–H and O–H groups in total. The first-order valence-electron chi connectivity index (χ1n) is 9.69. The summed E-state index contributed by atoms with van der Waals surface area (Å²) in [5.41, 5.74) is 3.20. The highest BCUT2D eigenvalue weighted by Gasteiger charge is 2.30. The molecule has 0 spiro atoms. The first-order chi connectivity index (χ1) is 13.4. The number of pyridine rings is 1. The Morgan fingerprint density at radius 2 is 1.96 bits per heavy atom. The van der Waals surface area contributed by atoms with E-state index in [4.69, 9.17) is 9.97 Å². The highest BCUT2D eigenvalue weighted by molar-refractivity contribution is 7.13. The maximum absolute atomic E-state index is 5.04. The lowest BCUT2D eigenvalue weighted by atomic mass is 10.00. The average Bonchev–Trinajstić information content (AvgIpc) is 3.28. The SMILES string of the molecule is c1csc(-c2nc(N3CCN4CCCC[C@H]4C3)ncc2-c2ccncc2)c1.